The number of H-pyrrole nitrogens is 1. The lowest BCUT2D eigenvalue weighted by atomic mass is 9.91. The van der Waals surface area contributed by atoms with E-state index in [1.54, 1.807) is 18.2 Å². The largest absolute Gasteiger partial charge is 0.383 e. The van der Waals surface area contributed by atoms with Gasteiger partial charge < -0.3 is 9.84 Å². The molecule has 0 bridgehead atoms. The molecule has 2 N–H and O–H groups in total. The molecule has 0 unspecified atom stereocenters. The fourth-order valence-corrected chi connectivity index (χ4v) is 3.18. The third kappa shape index (κ3) is 2.64. The summed E-state index contributed by atoms with van der Waals surface area (Å²) in [5.41, 5.74) is 1.00. The Labute approximate surface area is 126 Å². The van der Waals surface area contributed by atoms with Gasteiger partial charge in [0.05, 0.1) is 5.56 Å². The van der Waals surface area contributed by atoms with E-state index in [4.69, 9.17) is 27.7 Å². The topological polar surface area (TPSA) is 58.0 Å². The van der Waals surface area contributed by atoms with Gasteiger partial charge in [-0.1, -0.05) is 23.2 Å². The summed E-state index contributed by atoms with van der Waals surface area (Å²) in [4.78, 5) is 12.1. The smallest absolute Gasteiger partial charge is 0.288 e. The second-order valence-corrected chi connectivity index (χ2v) is 5.83. The van der Waals surface area contributed by atoms with Crippen molar-refractivity contribution in [3.05, 3.63) is 44.4 Å². The third-order valence-electron chi connectivity index (χ3n) is 3.59. The van der Waals surface area contributed by atoms with E-state index in [9.17, 15) is 4.79 Å². The summed E-state index contributed by atoms with van der Waals surface area (Å²) in [6.45, 7) is 1.85. The van der Waals surface area contributed by atoms with Gasteiger partial charge in [-0.3, -0.25) is 4.79 Å². The molecule has 0 amide bonds. The highest BCUT2D eigenvalue weighted by Gasteiger charge is 2.25. The number of benzene rings is 1. The van der Waals surface area contributed by atoms with Crippen LogP contribution in [-0.4, -0.2) is 18.2 Å². The number of aromatic nitrogens is 1. The Morgan fingerprint density at radius 1 is 1.10 bits per heavy atom. The molecule has 0 radical (unpaired) electrons. The minimum absolute atomic E-state index is 0.239. The van der Waals surface area contributed by atoms with Crippen molar-refractivity contribution in [3.63, 3.8) is 0 Å². The molecule has 1 saturated heterocycles. The Morgan fingerprint density at radius 2 is 1.75 bits per heavy atom. The second-order valence-electron chi connectivity index (χ2n) is 4.95. The quantitative estimate of drug-likeness (QED) is 0.893. The summed E-state index contributed by atoms with van der Waals surface area (Å²) in [5.74, 6) is 0.942. The minimum Gasteiger partial charge on any atom is -0.383 e. The number of nitrogens with one attached hydrogen (secondary N) is 2. The predicted molar refractivity (Wildman–Crippen MR) is 79.6 cm³/mol. The molecule has 0 aliphatic carbocycles. The highest BCUT2D eigenvalue weighted by molar-refractivity contribution is 6.35. The molecule has 1 fully saturated rings. The zero-order chi connectivity index (χ0) is 14.1. The maximum Gasteiger partial charge on any atom is 0.288 e. The Hall–Kier alpha value is -1.23. The summed E-state index contributed by atoms with van der Waals surface area (Å²) in [5, 5.41) is 6.74. The van der Waals surface area contributed by atoms with Crippen LogP contribution in [0.2, 0.25) is 10.0 Å². The van der Waals surface area contributed by atoms with Crippen molar-refractivity contribution < 1.29 is 4.52 Å². The minimum atomic E-state index is -0.239. The Morgan fingerprint density at radius 3 is 2.40 bits per heavy atom. The first-order valence-corrected chi connectivity index (χ1v) is 7.29. The first-order valence-electron chi connectivity index (χ1n) is 6.53. The Bertz CT molecular complexity index is 652. The number of hydrogen-bond donors (Lipinski definition) is 2. The molecule has 2 aromatic rings. The lowest BCUT2D eigenvalue weighted by Crippen LogP contribution is -2.26. The summed E-state index contributed by atoms with van der Waals surface area (Å²) in [6.07, 6.45) is 1.89. The highest BCUT2D eigenvalue weighted by atomic mass is 35.5. The van der Waals surface area contributed by atoms with Gasteiger partial charge in [0.1, 0.15) is 5.76 Å². The maximum absolute atomic E-state index is 12.1. The van der Waals surface area contributed by atoms with Crippen LogP contribution < -0.4 is 10.9 Å². The molecule has 0 spiro atoms. The van der Waals surface area contributed by atoms with Crippen LogP contribution in [-0.2, 0) is 0 Å². The monoisotopic (exact) mass is 312 g/mol. The molecule has 2 heterocycles. The van der Waals surface area contributed by atoms with Crippen LogP contribution in [0.3, 0.4) is 0 Å². The molecule has 106 valence electrons. The van der Waals surface area contributed by atoms with Crippen molar-refractivity contribution in [2.24, 2.45) is 0 Å². The Kier molecular flexibility index (Phi) is 3.87. The molecular formula is C14H14Cl2N2O2. The van der Waals surface area contributed by atoms with Gasteiger partial charge in [-0.2, -0.15) is 5.16 Å². The normalized spacial score (nSPS) is 16.5. The molecular weight excluding hydrogens is 299 g/mol. The summed E-state index contributed by atoms with van der Waals surface area (Å²) in [6, 6.07) is 5.11. The maximum atomic E-state index is 12.1. The average Bonchev–Trinajstić information content (AvgIpc) is 2.80. The fourth-order valence-electron chi connectivity index (χ4n) is 2.66. The summed E-state index contributed by atoms with van der Waals surface area (Å²) in [7, 11) is 0. The van der Waals surface area contributed by atoms with Gasteiger partial charge in [0.2, 0.25) is 0 Å². The Balaban J connectivity index is 2.08. The molecule has 3 rings (SSSR count). The number of hydrogen-bond acceptors (Lipinski definition) is 3. The lowest BCUT2D eigenvalue weighted by molar-refractivity contribution is 0.326. The van der Waals surface area contributed by atoms with Crippen molar-refractivity contribution >= 4 is 23.2 Å². The van der Waals surface area contributed by atoms with E-state index < -0.39 is 0 Å². The van der Waals surface area contributed by atoms with E-state index in [1.807, 2.05) is 0 Å². The van der Waals surface area contributed by atoms with Crippen LogP contribution in [0.25, 0.3) is 11.1 Å². The molecule has 1 aromatic heterocycles. The second kappa shape index (κ2) is 5.64. The van der Waals surface area contributed by atoms with Crippen LogP contribution in [0.1, 0.15) is 24.5 Å². The van der Waals surface area contributed by atoms with E-state index in [-0.39, 0.29) is 11.5 Å². The standard InChI is InChI=1S/C14H14Cl2N2O2/c15-10-5-9(6-11(16)7-10)12-13(20-18-14(12)19)8-1-3-17-4-2-8/h5-8,17H,1-4H2,(H,18,19). The van der Waals surface area contributed by atoms with E-state index in [0.717, 1.165) is 25.9 Å². The van der Waals surface area contributed by atoms with Crippen molar-refractivity contribution in [3.8, 4) is 11.1 Å². The highest BCUT2D eigenvalue weighted by Crippen LogP contribution is 2.34. The van der Waals surface area contributed by atoms with Crippen molar-refractivity contribution in [1.29, 1.82) is 0 Å². The predicted octanol–water partition coefficient (Wildman–Crippen LogP) is 3.41. The molecule has 0 atom stereocenters. The molecule has 6 heteroatoms. The van der Waals surface area contributed by atoms with Crippen LogP contribution in [0.4, 0.5) is 0 Å². The van der Waals surface area contributed by atoms with Gasteiger partial charge >= 0.3 is 0 Å². The molecule has 4 nitrogen and oxygen atoms in total. The van der Waals surface area contributed by atoms with E-state index >= 15 is 0 Å². The van der Waals surface area contributed by atoms with Gasteiger partial charge in [0, 0.05) is 16.0 Å². The van der Waals surface area contributed by atoms with E-state index in [0.29, 0.717) is 26.9 Å². The average molecular weight is 313 g/mol. The molecule has 20 heavy (non-hydrogen) atoms. The van der Waals surface area contributed by atoms with Crippen molar-refractivity contribution in [2.45, 2.75) is 18.8 Å². The summed E-state index contributed by atoms with van der Waals surface area (Å²) >= 11 is 12.0. The van der Waals surface area contributed by atoms with Gasteiger partial charge in [-0.25, -0.2) is 0 Å². The molecule has 1 aliphatic rings. The number of halogens is 2. The number of aromatic amines is 1. The summed E-state index contributed by atoms with van der Waals surface area (Å²) < 4.78 is 5.42. The molecule has 1 aliphatic heterocycles. The van der Waals surface area contributed by atoms with Crippen LogP contribution in [0.15, 0.2) is 27.5 Å². The molecule has 0 saturated carbocycles. The van der Waals surface area contributed by atoms with Crippen LogP contribution in [0.5, 0.6) is 0 Å². The van der Waals surface area contributed by atoms with E-state index in [1.165, 1.54) is 0 Å². The fraction of sp³-hybridized carbons (Fsp3) is 0.357. The number of piperidine rings is 1. The van der Waals surface area contributed by atoms with Crippen LogP contribution >= 0.6 is 23.2 Å². The zero-order valence-electron chi connectivity index (χ0n) is 10.7. The third-order valence-corrected chi connectivity index (χ3v) is 4.02. The first-order chi connectivity index (χ1) is 9.65. The van der Waals surface area contributed by atoms with Crippen molar-refractivity contribution in [2.75, 3.05) is 13.1 Å². The van der Waals surface area contributed by atoms with Gasteiger partial charge in [-0.15, -0.1) is 0 Å². The molecule has 1 aromatic carbocycles. The zero-order valence-corrected chi connectivity index (χ0v) is 12.2. The number of rotatable bonds is 2. The SMILES string of the molecule is O=c1[nH]oc(C2CCNCC2)c1-c1cc(Cl)cc(Cl)c1. The lowest BCUT2D eigenvalue weighted by Gasteiger charge is -2.21. The van der Waals surface area contributed by atoms with Gasteiger partial charge in [0.15, 0.2) is 0 Å². The van der Waals surface area contributed by atoms with Gasteiger partial charge in [0.25, 0.3) is 5.56 Å². The van der Waals surface area contributed by atoms with Gasteiger partial charge in [-0.05, 0) is 49.7 Å². The van der Waals surface area contributed by atoms with E-state index in [2.05, 4.69) is 10.5 Å². The van der Waals surface area contributed by atoms with Crippen LogP contribution in [0, 0.1) is 0 Å². The first kappa shape index (κ1) is 13.7. The van der Waals surface area contributed by atoms with Crippen molar-refractivity contribution in [1.82, 2.24) is 10.5 Å².